The number of hydrogen-bond donors (Lipinski definition) is 0. The molecule has 2 atom stereocenters. The standard InChI is InChI=1S/C23H39N3O6Si/c1-8-12-30-21(28)25-11-10-24(20(27)17-25)15-18-14-19(32-33(6,7)23(3,4)5)16-26(18)22(29)31-13-9-2/h8-9,18-19H,1-2,10-17H2,3-7H3/t18-,19+/m0/s1. The normalized spacial score (nSPS) is 21.7. The van der Waals surface area contributed by atoms with Crippen molar-refractivity contribution in [1.29, 1.82) is 0 Å². The molecule has 2 aliphatic heterocycles. The lowest BCUT2D eigenvalue weighted by Gasteiger charge is -2.38. The van der Waals surface area contributed by atoms with Crippen molar-refractivity contribution in [2.75, 3.05) is 45.9 Å². The number of amides is 3. The van der Waals surface area contributed by atoms with Gasteiger partial charge in [-0.05, 0) is 24.6 Å². The minimum Gasteiger partial charge on any atom is -0.445 e. The molecule has 2 rings (SSSR count). The molecule has 0 spiro atoms. The monoisotopic (exact) mass is 481 g/mol. The number of rotatable bonds is 8. The molecule has 0 saturated carbocycles. The van der Waals surface area contributed by atoms with E-state index in [0.717, 1.165) is 0 Å². The number of carbonyl (C=O) groups excluding carboxylic acids is 3. The largest absolute Gasteiger partial charge is 0.445 e. The fourth-order valence-corrected chi connectivity index (χ4v) is 5.05. The Morgan fingerprint density at radius 1 is 1.09 bits per heavy atom. The highest BCUT2D eigenvalue weighted by atomic mass is 28.4. The molecule has 10 heteroatoms. The Hall–Kier alpha value is -2.33. The van der Waals surface area contributed by atoms with E-state index in [1.807, 2.05) is 0 Å². The molecule has 0 N–H and O–H groups in total. The van der Waals surface area contributed by atoms with Crippen LogP contribution in [-0.2, 0) is 18.7 Å². The van der Waals surface area contributed by atoms with Crippen LogP contribution in [0.2, 0.25) is 18.1 Å². The zero-order valence-corrected chi connectivity index (χ0v) is 21.7. The molecule has 0 bridgehead atoms. The van der Waals surface area contributed by atoms with Gasteiger partial charge in [-0.15, -0.1) is 0 Å². The SMILES string of the molecule is C=CCOC(=O)N1CCN(C[C@@H]2C[C@@H](O[Si](C)(C)C(C)(C)C)CN2C(=O)OCC=C)C(=O)C1. The molecular weight excluding hydrogens is 442 g/mol. The zero-order valence-electron chi connectivity index (χ0n) is 20.7. The quantitative estimate of drug-likeness (QED) is 0.391. The highest BCUT2D eigenvalue weighted by Gasteiger charge is 2.45. The third-order valence-corrected chi connectivity index (χ3v) is 11.1. The molecule has 2 saturated heterocycles. The van der Waals surface area contributed by atoms with E-state index in [-0.39, 0.29) is 42.8 Å². The average Bonchev–Trinajstić information content (AvgIpc) is 3.12. The van der Waals surface area contributed by atoms with Gasteiger partial charge in [-0.2, -0.15) is 0 Å². The molecule has 0 aliphatic carbocycles. The number of carbonyl (C=O) groups is 3. The molecule has 0 aromatic heterocycles. The fourth-order valence-electron chi connectivity index (χ4n) is 3.70. The highest BCUT2D eigenvalue weighted by Crippen LogP contribution is 2.39. The minimum atomic E-state index is -2.03. The van der Waals surface area contributed by atoms with Crippen LogP contribution in [0.5, 0.6) is 0 Å². The first kappa shape index (κ1) is 26.9. The van der Waals surface area contributed by atoms with Crippen molar-refractivity contribution in [3.8, 4) is 0 Å². The smallest absolute Gasteiger partial charge is 0.410 e. The maximum Gasteiger partial charge on any atom is 0.410 e. The molecule has 3 amide bonds. The summed E-state index contributed by atoms with van der Waals surface area (Å²) in [4.78, 5) is 42.3. The van der Waals surface area contributed by atoms with Crippen molar-refractivity contribution >= 4 is 26.4 Å². The van der Waals surface area contributed by atoms with E-state index in [1.54, 1.807) is 9.80 Å². The van der Waals surface area contributed by atoms with E-state index in [4.69, 9.17) is 13.9 Å². The number of ether oxygens (including phenoxy) is 2. The maximum absolute atomic E-state index is 12.7. The Morgan fingerprint density at radius 3 is 2.24 bits per heavy atom. The summed E-state index contributed by atoms with van der Waals surface area (Å²) in [6.07, 6.45) is 2.57. The van der Waals surface area contributed by atoms with Crippen molar-refractivity contribution in [2.45, 2.75) is 57.5 Å². The van der Waals surface area contributed by atoms with Gasteiger partial charge >= 0.3 is 12.2 Å². The van der Waals surface area contributed by atoms with E-state index in [1.165, 1.54) is 17.1 Å². The van der Waals surface area contributed by atoms with Crippen LogP contribution in [0, 0.1) is 0 Å². The first-order valence-corrected chi connectivity index (χ1v) is 14.3. The van der Waals surface area contributed by atoms with Crippen molar-refractivity contribution in [3.05, 3.63) is 25.3 Å². The van der Waals surface area contributed by atoms with E-state index in [0.29, 0.717) is 32.6 Å². The van der Waals surface area contributed by atoms with Gasteiger partial charge in [0.1, 0.15) is 19.8 Å². The average molecular weight is 482 g/mol. The lowest BCUT2D eigenvalue weighted by Crippen LogP contribution is -2.55. The summed E-state index contributed by atoms with van der Waals surface area (Å²) < 4.78 is 16.9. The Balaban J connectivity index is 2.06. The van der Waals surface area contributed by atoms with Crippen LogP contribution in [0.25, 0.3) is 0 Å². The fraction of sp³-hybridized carbons (Fsp3) is 0.696. The van der Waals surface area contributed by atoms with E-state index >= 15 is 0 Å². The maximum atomic E-state index is 12.7. The van der Waals surface area contributed by atoms with Crippen molar-refractivity contribution in [3.63, 3.8) is 0 Å². The second-order valence-corrected chi connectivity index (χ2v) is 14.8. The second kappa shape index (κ2) is 11.2. The molecule has 0 radical (unpaired) electrons. The molecule has 2 heterocycles. The summed E-state index contributed by atoms with van der Waals surface area (Å²) in [6.45, 7) is 19.8. The molecule has 0 unspecified atom stereocenters. The molecule has 33 heavy (non-hydrogen) atoms. The van der Waals surface area contributed by atoms with Crippen molar-refractivity contribution in [2.24, 2.45) is 0 Å². The van der Waals surface area contributed by atoms with Crippen LogP contribution < -0.4 is 0 Å². The number of piperazine rings is 1. The second-order valence-electron chi connectivity index (χ2n) is 10.0. The predicted octanol–water partition coefficient (Wildman–Crippen LogP) is 3.24. The number of likely N-dealkylation sites (tertiary alicyclic amines) is 1. The third kappa shape index (κ3) is 7.07. The van der Waals surface area contributed by atoms with Gasteiger partial charge in [0, 0.05) is 26.2 Å². The summed E-state index contributed by atoms with van der Waals surface area (Å²) in [5, 5.41) is 0.0474. The minimum absolute atomic E-state index is 0.0474. The van der Waals surface area contributed by atoms with E-state index < -0.39 is 20.5 Å². The molecule has 9 nitrogen and oxygen atoms in total. The lowest BCUT2D eigenvalue weighted by molar-refractivity contribution is -0.136. The molecule has 2 fully saturated rings. The van der Waals surface area contributed by atoms with Gasteiger partial charge < -0.3 is 23.7 Å². The first-order chi connectivity index (χ1) is 15.4. The highest BCUT2D eigenvalue weighted by molar-refractivity contribution is 6.74. The van der Waals surface area contributed by atoms with Gasteiger partial charge in [-0.3, -0.25) is 9.69 Å². The van der Waals surface area contributed by atoms with Crippen LogP contribution in [0.1, 0.15) is 27.2 Å². The topological polar surface area (TPSA) is 88.6 Å². The zero-order chi connectivity index (χ0) is 24.8. The molecule has 0 aromatic carbocycles. The van der Waals surface area contributed by atoms with Crippen molar-refractivity contribution < 1.29 is 28.3 Å². The summed E-state index contributed by atoms with van der Waals surface area (Å²) >= 11 is 0. The summed E-state index contributed by atoms with van der Waals surface area (Å²) in [7, 11) is -2.03. The Morgan fingerprint density at radius 2 is 1.70 bits per heavy atom. The van der Waals surface area contributed by atoms with Crippen LogP contribution in [0.4, 0.5) is 9.59 Å². The number of hydrogen-bond acceptors (Lipinski definition) is 6. The van der Waals surface area contributed by atoms with Crippen molar-refractivity contribution in [1.82, 2.24) is 14.7 Å². The van der Waals surface area contributed by atoms with Gasteiger partial charge in [0.05, 0.1) is 12.1 Å². The van der Waals surface area contributed by atoms with Gasteiger partial charge in [0.2, 0.25) is 5.91 Å². The molecule has 0 aromatic rings. The van der Waals surface area contributed by atoms with Crippen LogP contribution in [-0.4, -0.2) is 99.2 Å². The van der Waals surface area contributed by atoms with Crippen LogP contribution in [0.15, 0.2) is 25.3 Å². The van der Waals surface area contributed by atoms with Gasteiger partial charge in [0.25, 0.3) is 0 Å². The summed E-state index contributed by atoms with van der Waals surface area (Å²) in [5.41, 5.74) is 0. The molecule has 186 valence electrons. The summed E-state index contributed by atoms with van der Waals surface area (Å²) in [5.74, 6) is -0.176. The van der Waals surface area contributed by atoms with E-state index in [2.05, 4.69) is 47.0 Å². The molecular formula is C23H39N3O6Si. The Labute approximate surface area is 198 Å². The van der Waals surface area contributed by atoms with Gasteiger partial charge in [0.15, 0.2) is 8.32 Å². The van der Waals surface area contributed by atoms with Gasteiger partial charge in [-0.1, -0.05) is 46.1 Å². The van der Waals surface area contributed by atoms with Crippen LogP contribution >= 0.6 is 0 Å². The Kier molecular flexibility index (Phi) is 9.13. The first-order valence-electron chi connectivity index (χ1n) is 11.4. The predicted molar refractivity (Wildman–Crippen MR) is 128 cm³/mol. The van der Waals surface area contributed by atoms with Crippen LogP contribution in [0.3, 0.4) is 0 Å². The third-order valence-electron chi connectivity index (χ3n) is 6.54. The summed E-state index contributed by atoms with van der Waals surface area (Å²) in [6, 6.07) is -0.222. The van der Waals surface area contributed by atoms with Gasteiger partial charge in [-0.25, -0.2) is 9.59 Å². The van der Waals surface area contributed by atoms with E-state index in [9.17, 15) is 14.4 Å². The lowest BCUT2D eigenvalue weighted by atomic mass is 10.1. The molecule has 2 aliphatic rings. The number of nitrogens with zero attached hydrogens (tertiary/aromatic N) is 3. The Bertz CT molecular complexity index is 751.